The summed E-state index contributed by atoms with van der Waals surface area (Å²) in [5.41, 5.74) is 0.825. The zero-order valence-electron chi connectivity index (χ0n) is 9.54. The van der Waals surface area contributed by atoms with Crippen molar-refractivity contribution in [2.24, 2.45) is 5.92 Å². The summed E-state index contributed by atoms with van der Waals surface area (Å²) >= 11 is 5.96. The Morgan fingerprint density at radius 3 is 3.11 bits per heavy atom. The van der Waals surface area contributed by atoms with Gasteiger partial charge >= 0.3 is 0 Å². The van der Waals surface area contributed by atoms with Gasteiger partial charge in [0.2, 0.25) is 12.8 Å². The number of ether oxygens (including phenoxy) is 2. The molecule has 0 unspecified atom stereocenters. The van der Waals surface area contributed by atoms with Crippen LogP contribution < -0.4 is 4.74 Å². The first-order chi connectivity index (χ1) is 8.65. The first-order valence-corrected chi connectivity index (χ1v) is 6.22. The third-order valence-electron chi connectivity index (χ3n) is 3.56. The van der Waals surface area contributed by atoms with Gasteiger partial charge in [-0.25, -0.2) is 0 Å². The van der Waals surface area contributed by atoms with Gasteiger partial charge in [-0.05, 0) is 24.6 Å². The Morgan fingerprint density at radius 1 is 1.50 bits per heavy atom. The molecule has 0 aliphatic carbocycles. The highest BCUT2D eigenvalue weighted by Gasteiger charge is 2.44. The zero-order chi connectivity index (χ0) is 12.7. The van der Waals surface area contributed by atoms with Gasteiger partial charge in [-0.2, -0.15) is 0 Å². The molecule has 1 aromatic rings. The predicted molar refractivity (Wildman–Crippen MR) is 64.5 cm³/mol. The molecule has 0 saturated carbocycles. The molecular formula is C12H12ClNO4. The second-order valence-electron chi connectivity index (χ2n) is 4.61. The summed E-state index contributed by atoms with van der Waals surface area (Å²) in [6.45, 7) is 0.479. The van der Waals surface area contributed by atoms with E-state index in [1.54, 1.807) is 18.2 Å². The summed E-state index contributed by atoms with van der Waals surface area (Å²) in [7, 11) is 0. The van der Waals surface area contributed by atoms with Gasteiger partial charge in [0.05, 0.1) is 12.5 Å². The average Bonchev–Trinajstić information content (AvgIpc) is 2.77. The van der Waals surface area contributed by atoms with E-state index in [4.69, 9.17) is 21.1 Å². The summed E-state index contributed by atoms with van der Waals surface area (Å²) in [6, 6.07) is 5.24. The lowest BCUT2D eigenvalue weighted by molar-refractivity contribution is -0.485. The Labute approximate surface area is 109 Å². The molecule has 0 spiro atoms. The third kappa shape index (κ3) is 1.93. The first kappa shape index (κ1) is 11.7. The van der Waals surface area contributed by atoms with Crippen molar-refractivity contribution < 1.29 is 14.4 Å². The van der Waals surface area contributed by atoms with E-state index in [0.717, 1.165) is 12.0 Å². The van der Waals surface area contributed by atoms with Gasteiger partial charge in [-0.1, -0.05) is 11.6 Å². The minimum absolute atomic E-state index is 0.0429. The molecular weight excluding hydrogens is 258 g/mol. The SMILES string of the molecule is O=[N+]([O-])C[C@H]1c2cc(Cl)ccc2O[C@H]2OCC[C@H]21. The number of hydrogen-bond donors (Lipinski definition) is 0. The van der Waals surface area contributed by atoms with Gasteiger partial charge in [0, 0.05) is 21.4 Å². The van der Waals surface area contributed by atoms with E-state index in [0.29, 0.717) is 17.4 Å². The van der Waals surface area contributed by atoms with E-state index in [1.165, 1.54) is 0 Å². The highest BCUT2D eigenvalue weighted by Crippen LogP contribution is 2.45. The van der Waals surface area contributed by atoms with Gasteiger partial charge in [0.15, 0.2) is 0 Å². The number of nitrogens with zero attached hydrogens (tertiary/aromatic N) is 1. The molecule has 3 atom stereocenters. The number of halogens is 1. The highest BCUT2D eigenvalue weighted by molar-refractivity contribution is 6.30. The zero-order valence-corrected chi connectivity index (χ0v) is 10.3. The Balaban J connectivity index is 2.02. The number of rotatable bonds is 2. The molecule has 5 nitrogen and oxygen atoms in total. The number of benzene rings is 1. The van der Waals surface area contributed by atoms with Crippen LogP contribution in [0.5, 0.6) is 5.75 Å². The van der Waals surface area contributed by atoms with E-state index in [9.17, 15) is 10.1 Å². The fraction of sp³-hybridized carbons (Fsp3) is 0.500. The summed E-state index contributed by atoms with van der Waals surface area (Å²) in [5, 5.41) is 11.4. The highest BCUT2D eigenvalue weighted by atomic mass is 35.5. The molecule has 0 radical (unpaired) electrons. The summed E-state index contributed by atoms with van der Waals surface area (Å²) < 4.78 is 11.2. The van der Waals surface area contributed by atoms with Gasteiger partial charge in [-0.3, -0.25) is 10.1 Å². The van der Waals surface area contributed by atoms with E-state index in [2.05, 4.69) is 0 Å². The van der Waals surface area contributed by atoms with E-state index < -0.39 is 0 Å². The molecule has 96 valence electrons. The lowest BCUT2D eigenvalue weighted by Gasteiger charge is -2.32. The molecule has 0 bridgehead atoms. The van der Waals surface area contributed by atoms with E-state index >= 15 is 0 Å². The van der Waals surface area contributed by atoms with Crippen LogP contribution >= 0.6 is 11.6 Å². The van der Waals surface area contributed by atoms with Crippen LogP contribution in [0.3, 0.4) is 0 Å². The maximum atomic E-state index is 10.8. The molecule has 0 aromatic heterocycles. The fourth-order valence-electron chi connectivity index (χ4n) is 2.76. The predicted octanol–water partition coefficient (Wildman–Crippen LogP) is 2.46. The normalized spacial score (nSPS) is 29.3. The average molecular weight is 270 g/mol. The Bertz CT molecular complexity index is 493. The second kappa shape index (κ2) is 4.40. The minimum atomic E-state index is -0.358. The number of hydrogen-bond acceptors (Lipinski definition) is 4. The molecule has 1 aromatic carbocycles. The van der Waals surface area contributed by atoms with Gasteiger partial charge < -0.3 is 9.47 Å². The molecule has 1 fully saturated rings. The van der Waals surface area contributed by atoms with E-state index in [1.807, 2.05) is 0 Å². The maximum Gasteiger partial charge on any atom is 0.211 e. The van der Waals surface area contributed by atoms with Crippen LogP contribution in [0.1, 0.15) is 17.9 Å². The van der Waals surface area contributed by atoms with Gasteiger partial charge in [0.25, 0.3) is 0 Å². The number of fused-ring (bicyclic) bond motifs is 2. The topological polar surface area (TPSA) is 61.6 Å². The molecule has 1 saturated heterocycles. The lowest BCUT2D eigenvalue weighted by Crippen LogP contribution is -2.35. The molecule has 2 heterocycles. The van der Waals surface area contributed by atoms with Gasteiger partial charge in [-0.15, -0.1) is 0 Å². The summed E-state index contributed by atoms with van der Waals surface area (Å²) in [6.07, 6.45) is 0.429. The first-order valence-electron chi connectivity index (χ1n) is 5.84. The van der Waals surface area contributed by atoms with Crippen molar-refractivity contribution in [1.29, 1.82) is 0 Å². The fourth-order valence-corrected chi connectivity index (χ4v) is 2.94. The monoisotopic (exact) mass is 269 g/mol. The van der Waals surface area contributed by atoms with Crippen molar-refractivity contribution in [2.75, 3.05) is 13.2 Å². The lowest BCUT2D eigenvalue weighted by atomic mass is 9.82. The van der Waals surface area contributed by atoms with Crippen LogP contribution in [0.4, 0.5) is 0 Å². The molecule has 2 aliphatic rings. The second-order valence-corrected chi connectivity index (χ2v) is 5.05. The summed E-state index contributed by atoms with van der Waals surface area (Å²) in [4.78, 5) is 10.6. The van der Waals surface area contributed by atoms with Crippen LogP contribution in [0.25, 0.3) is 0 Å². The maximum absolute atomic E-state index is 10.8. The molecule has 3 rings (SSSR count). The molecule has 18 heavy (non-hydrogen) atoms. The van der Waals surface area contributed by atoms with Crippen molar-refractivity contribution in [2.45, 2.75) is 18.6 Å². The molecule has 2 aliphatic heterocycles. The Hall–Kier alpha value is -1.33. The van der Waals surface area contributed by atoms with Crippen molar-refractivity contribution in [3.05, 3.63) is 38.9 Å². The smallest absolute Gasteiger partial charge is 0.211 e. The van der Waals surface area contributed by atoms with Crippen LogP contribution in [-0.2, 0) is 4.74 Å². The molecule has 0 amide bonds. The van der Waals surface area contributed by atoms with Crippen LogP contribution in [0.2, 0.25) is 5.02 Å². The van der Waals surface area contributed by atoms with Crippen molar-refractivity contribution in [1.82, 2.24) is 0 Å². The van der Waals surface area contributed by atoms with Gasteiger partial charge in [0.1, 0.15) is 5.75 Å². The van der Waals surface area contributed by atoms with Crippen LogP contribution in [0.15, 0.2) is 18.2 Å². The Morgan fingerprint density at radius 2 is 2.33 bits per heavy atom. The molecule has 6 heteroatoms. The third-order valence-corrected chi connectivity index (χ3v) is 3.80. The standard InChI is InChI=1S/C12H12ClNO4/c13-7-1-2-11-9(5-7)10(6-14(15)16)8-3-4-17-12(8)18-11/h1-2,5,8,10,12H,3-4,6H2/t8-,10+,12+/m0/s1. The van der Waals surface area contributed by atoms with Crippen molar-refractivity contribution in [3.63, 3.8) is 0 Å². The van der Waals surface area contributed by atoms with E-state index in [-0.39, 0.29) is 29.6 Å². The van der Waals surface area contributed by atoms with Crippen molar-refractivity contribution >= 4 is 11.6 Å². The quantitative estimate of drug-likeness (QED) is 0.611. The van der Waals surface area contributed by atoms with Crippen LogP contribution in [-0.4, -0.2) is 24.4 Å². The molecule has 0 N–H and O–H groups in total. The van der Waals surface area contributed by atoms with Crippen molar-refractivity contribution in [3.8, 4) is 5.75 Å². The minimum Gasteiger partial charge on any atom is -0.464 e. The summed E-state index contributed by atoms with van der Waals surface area (Å²) in [5.74, 6) is 0.505. The van der Waals surface area contributed by atoms with Crippen LogP contribution in [0, 0.1) is 16.0 Å². The Kier molecular flexibility index (Phi) is 2.87. The number of nitro groups is 1. The largest absolute Gasteiger partial charge is 0.464 e.